The monoisotopic (exact) mass is 479 g/mol. The lowest BCUT2D eigenvalue weighted by Crippen LogP contribution is -2.35. The van der Waals surface area contributed by atoms with Crippen LogP contribution >= 0.6 is 0 Å². The molecule has 1 saturated carbocycles. The molecule has 5 rings (SSSR count). The largest absolute Gasteiger partial charge is 0.477 e. The smallest absolute Gasteiger partial charge is 0.341 e. The Balaban J connectivity index is 1.50. The molecule has 0 amide bonds. The number of benzene rings is 1. The Morgan fingerprint density at radius 3 is 2.66 bits per heavy atom. The molecule has 3 aromatic rings. The molecule has 2 aliphatic rings. The number of nitrogens with zero attached hydrogens (tertiary/aromatic N) is 2. The topological polar surface area (TPSA) is 83.3 Å². The van der Waals surface area contributed by atoms with Gasteiger partial charge in [-0.3, -0.25) is 9.20 Å². The van der Waals surface area contributed by atoms with Crippen molar-refractivity contribution in [2.24, 2.45) is 5.92 Å². The van der Waals surface area contributed by atoms with E-state index in [9.17, 15) is 14.7 Å². The van der Waals surface area contributed by atoms with Crippen LogP contribution in [0, 0.1) is 18.7 Å². The number of aromatic carboxylic acids is 1. The van der Waals surface area contributed by atoms with Crippen LogP contribution in [0.5, 0.6) is 0 Å². The van der Waals surface area contributed by atoms with E-state index in [2.05, 4.69) is 10.2 Å². The summed E-state index contributed by atoms with van der Waals surface area (Å²) in [5.74, 6) is -1.36. The van der Waals surface area contributed by atoms with E-state index < -0.39 is 17.3 Å². The first-order chi connectivity index (χ1) is 16.9. The highest BCUT2D eigenvalue weighted by Gasteiger charge is 2.34. The summed E-state index contributed by atoms with van der Waals surface area (Å²) < 4.78 is 22.2. The number of ether oxygens (including phenoxy) is 1. The molecule has 2 atom stereocenters. The van der Waals surface area contributed by atoms with Gasteiger partial charge < -0.3 is 20.1 Å². The summed E-state index contributed by atoms with van der Waals surface area (Å²) in [6, 6.07) is 11.5. The Hall–Kier alpha value is -3.39. The number of hydrogen-bond acceptors (Lipinski definition) is 5. The first-order valence-corrected chi connectivity index (χ1v) is 12.1. The summed E-state index contributed by atoms with van der Waals surface area (Å²) in [7, 11) is 1.68. The van der Waals surface area contributed by atoms with Crippen LogP contribution in [0.2, 0.25) is 0 Å². The summed E-state index contributed by atoms with van der Waals surface area (Å²) >= 11 is 0. The zero-order valence-electron chi connectivity index (χ0n) is 20.0. The third-order valence-corrected chi connectivity index (χ3v) is 7.27. The molecule has 1 unspecified atom stereocenters. The highest BCUT2D eigenvalue weighted by atomic mass is 19.1. The number of nitrogens with one attached hydrogen (secondary N) is 1. The lowest BCUT2D eigenvalue weighted by Gasteiger charge is -2.27. The van der Waals surface area contributed by atoms with Crippen molar-refractivity contribution in [2.45, 2.75) is 38.1 Å². The molecular weight excluding hydrogens is 449 g/mol. The Bertz CT molecular complexity index is 1320. The van der Waals surface area contributed by atoms with Gasteiger partial charge in [0.15, 0.2) is 5.82 Å². The fourth-order valence-corrected chi connectivity index (χ4v) is 5.43. The third kappa shape index (κ3) is 4.38. The predicted octanol–water partition coefficient (Wildman–Crippen LogP) is 4.28. The normalized spacial score (nSPS) is 18.7. The molecule has 0 radical (unpaired) electrons. The first kappa shape index (κ1) is 23.4. The van der Waals surface area contributed by atoms with Crippen molar-refractivity contribution in [1.29, 1.82) is 0 Å². The SMILES string of the molecule is COCC(Nc1ccccc1)[C@@H]1CCN(c2c(F)cn3c(=O)c(C(=O)O)cc(C4CC4)c3c2C)C1. The molecular formula is C27H30FN3O4. The maximum Gasteiger partial charge on any atom is 0.341 e. The van der Waals surface area contributed by atoms with Gasteiger partial charge in [0, 0.05) is 31.8 Å². The number of pyridine rings is 2. The van der Waals surface area contributed by atoms with Crippen molar-refractivity contribution in [3.8, 4) is 0 Å². The number of aryl methyl sites for hydroxylation is 1. The van der Waals surface area contributed by atoms with Crippen LogP contribution in [0.25, 0.3) is 5.52 Å². The summed E-state index contributed by atoms with van der Waals surface area (Å²) in [5.41, 5.74) is 2.64. The van der Waals surface area contributed by atoms with E-state index in [0.717, 1.165) is 30.5 Å². The zero-order chi connectivity index (χ0) is 24.7. The zero-order valence-corrected chi connectivity index (χ0v) is 20.0. The van der Waals surface area contributed by atoms with Crippen molar-refractivity contribution < 1.29 is 19.0 Å². The quantitative estimate of drug-likeness (QED) is 0.502. The van der Waals surface area contributed by atoms with E-state index in [1.54, 1.807) is 7.11 Å². The molecule has 2 fully saturated rings. The first-order valence-electron chi connectivity index (χ1n) is 12.1. The van der Waals surface area contributed by atoms with Crippen molar-refractivity contribution >= 4 is 22.9 Å². The van der Waals surface area contributed by atoms with Gasteiger partial charge in [-0.15, -0.1) is 0 Å². The van der Waals surface area contributed by atoms with Crippen molar-refractivity contribution in [1.82, 2.24) is 4.40 Å². The van der Waals surface area contributed by atoms with Crippen LogP contribution in [-0.2, 0) is 4.74 Å². The van der Waals surface area contributed by atoms with Gasteiger partial charge in [-0.1, -0.05) is 18.2 Å². The van der Waals surface area contributed by atoms with Gasteiger partial charge in [0.2, 0.25) is 0 Å². The second kappa shape index (κ2) is 9.34. The molecule has 2 N–H and O–H groups in total. The fraction of sp³-hybridized carbons (Fsp3) is 0.407. The third-order valence-electron chi connectivity index (χ3n) is 7.27. The molecule has 0 bridgehead atoms. The Morgan fingerprint density at radius 2 is 2.00 bits per heavy atom. The molecule has 1 aliphatic heterocycles. The number of para-hydroxylation sites is 1. The van der Waals surface area contributed by atoms with Gasteiger partial charge in [-0.25, -0.2) is 9.18 Å². The number of carboxylic acids is 1. The predicted molar refractivity (Wildman–Crippen MR) is 133 cm³/mol. The number of halogens is 1. The van der Waals surface area contributed by atoms with Crippen LogP contribution in [-0.4, -0.2) is 48.3 Å². The number of carboxylic acid groups (broad SMARTS) is 1. The van der Waals surface area contributed by atoms with E-state index in [1.807, 2.05) is 37.3 Å². The summed E-state index contributed by atoms with van der Waals surface area (Å²) in [6.45, 7) is 3.71. The molecule has 3 heterocycles. The minimum absolute atomic E-state index is 0.0685. The van der Waals surface area contributed by atoms with E-state index in [1.165, 1.54) is 16.7 Å². The summed E-state index contributed by atoms with van der Waals surface area (Å²) in [4.78, 5) is 26.6. The van der Waals surface area contributed by atoms with E-state index in [-0.39, 0.29) is 23.4 Å². The average molecular weight is 480 g/mol. The maximum absolute atomic E-state index is 15.5. The van der Waals surface area contributed by atoms with Crippen molar-refractivity contribution in [3.05, 3.63) is 75.5 Å². The molecule has 0 spiro atoms. The summed E-state index contributed by atoms with van der Waals surface area (Å²) in [6.07, 6.45) is 3.92. The Kier molecular flexibility index (Phi) is 6.23. The number of anilines is 2. The Morgan fingerprint density at radius 1 is 1.26 bits per heavy atom. The van der Waals surface area contributed by atoms with Gasteiger partial charge in [0.05, 0.1) is 30.0 Å². The number of carbonyl (C=O) groups is 1. The van der Waals surface area contributed by atoms with Gasteiger partial charge in [-0.2, -0.15) is 0 Å². The van der Waals surface area contributed by atoms with Gasteiger partial charge in [0.1, 0.15) is 5.56 Å². The van der Waals surface area contributed by atoms with Crippen molar-refractivity contribution in [2.75, 3.05) is 37.0 Å². The molecule has 1 aromatic carbocycles. The van der Waals surface area contributed by atoms with Crippen LogP contribution in [0.1, 0.15) is 46.7 Å². The van der Waals surface area contributed by atoms with Crippen LogP contribution in [0.3, 0.4) is 0 Å². The van der Waals surface area contributed by atoms with E-state index in [4.69, 9.17) is 4.74 Å². The minimum atomic E-state index is -1.29. The second-order valence-electron chi connectivity index (χ2n) is 9.63. The average Bonchev–Trinajstić information content (AvgIpc) is 3.57. The lowest BCUT2D eigenvalue weighted by atomic mass is 9.99. The Labute approximate surface area is 203 Å². The molecule has 35 heavy (non-hydrogen) atoms. The van der Waals surface area contributed by atoms with Gasteiger partial charge >= 0.3 is 5.97 Å². The minimum Gasteiger partial charge on any atom is -0.477 e. The van der Waals surface area contributed by atoms with Gasteiger partial charge in [-0.05, 0) is 61.4 Å². The standard InChI is InChI=1S/C27H30FN3O4/c1-16-24-20(17-8-9-17)12-21(27(33)34)26(32)31(24)14-22(28)25(16)30-11-10-18(13-30)23(15-35-2)29-19-6-4-3-5-7-19/h3-7,12,14,17-18,23,29H,8-11,13,15H2,1-2H3,(H,33,34)/t18-,23?/m1/s1. The number of methoxy groups -OCH3 is 1. The van der Waals surface area contributed by atoms with E-state index >= 15 is 4.39 Å². The number of aromatic nitrogens is 1. The highest BCUT2D eigenvalue weighted by Crippen LogP contribution is 2.44. The second-order valence-corrected chi connectivity index (χ2v) is 9.63. The molecule has 7 nitrogen and oxygen atoms in total. The fourth-order valence-electron chi connectivity index (χ4n) is 5.43. The summed E-state index contributed by atoms with van der Waals surface area (Å²) in [5, 5.41) is 13.1. The lowest BCUT2D eigenvalue weighted by molar-refractivity contribution is 0.0694. The molecule has 8 heteroatoms. The van der Waals surface area contributed by atoms with Crippen LogP contribution < -0.4 is 15.8 Å². The molecule has 184 valence electrons. The van der Waals surface area contributed by atoms with Crippen LogP contribution in [0.4, 0.5) is 15.8 Å². The van der Waals surface area contributed by atoms with Crippen molar-refractivity contribution in [3.63, 3.8) is 0 Å². The number of hydrogen-bond donors (Lipinski definition) is 2. The van der Waals surface area contributed by atoms with E-state index in [0.29, 0.717) is 36.5 Å². The number of fused-ring (bicyclic) bond motifs is 1. The number of rotatable bonds is 8. The highest BCUT2D eigenvalue weighted by molar-refractivity contribution is 5.89. The molecule has 2 aromatic heterocycles. The van der Waals surface area contributed by atoms with Crippen LogP contribution in [0.15, 0.2) is 47.4 Å². The maximum atomic E-state index is 15.5. The molecule has 1 aliphatic carbocycles. The van der Waals surface area contributed by atoms with Gasteiger partial charge in [0.25, 0.3) is 5.56 Å². The molecule has 1 saturated heterocycles.